The van der Waals surface area contributed by atoms with Gasteiger partial charge in [-0.25, -0.2) is 0 Å². The predicted octanol–water partition coefficient (Wildman–Crippen LogP) is 6.99. The van der Waals surface area contributed by atoms with Crippen LogP contribution in [0.15, 0.2) is 34.8 Å². The van der Waals surface area contributed by atoms with Crippen molar-refractivity contribution in [3.05, 3.63) is 40.4 Å². The van der Waals surface area contributed by atoms with Crippen molar-refractivity contribution >= 4 is 22.0 Å². The molecule has 0 aliphatic rings. The number of hydrogen-bond donors (Lipinski definition) is 0. The van der Waals surface area contributed by atoms with E-state index in [1.54, 1.807) is 0 Å². The molecule has 1 aromatic rings. The molecule has 0 nitrogen and oxygen atoms in total. The quantitative estimate of drug-likeness (QED) is 0.407. The molecule has 0 aliphatic carbocycles. The predicted molar refractivity (Wildman–Crippen MR) is 90.4 cm³/mol. The van der Waals surface area contributed by atoms with Crippen molar-refractivity contribution in [1.82, 2.24) is 0 Å². The van der Waals surface area contributed by atoms with Gasteiger partial charge in [0.2, 0.25) is 0 Å². The lowest BCUT2D eigenvalue weighted by Crippen LogP contribution is -1.80. The molecule has 0 saturated heterocycles. The first kappa shape index (κ1) is 16.5. The molecule has 0 N–H and O–H groups in total. The summed E-state index contributed by atoms with van der Waals surface area (Å²) in [5.74, 6) is 0. The Balaban J connectivity index is 2.00. The third-order valence-electron chi connectivity index (χ3n) is 3.43. The summed E-state index contributed by atoms with van der Waals surface area (Å²) in [6.07, 6.45) is 16.9. The minimum Gasteiger partial charge on any atom is -0.0839 e. The summed E-state index contributed by atoms with van der Waals surface area (Å²) in [4.78, 5) is 0. The van der Waals surface area contributed by atoms with Gasteiger partial charge in [0.25, 0.3) is 0 Å². The smallest absolute Gasteiger partial charge is 0.0247 e. The lowest BCUT2D eigenvalue weighted by molar-refractivity contribution is 0.578. The van der Waals surface area contributed by atoms with E-state index in [-0.39, 0.29) is 0 Å². The van der Waals surface area contributed by atoms with Gasteiger partial charge in [0, 0.05) is 4.47 Å². The summed E-state index contributed by atoms with van der Waals surface area (Å²) in [5.41, 5.74) is 1.28. The van der Waals surface area contributed by atoms with Crippen LogP contribution in [-0.2, 0) is 0 Å². The first-order valence-corrected chi connectivity index (χ1v) is 8.55. The van der Waals surface area contributed by atoms with Crippen LogP contribution in [0.3, 0.4) is 0 Å². The average Bonchev–Trinajstić information content (AvgIpc) is 2.43. The molecule has 1 heteroatoms. The first-order chi connectivity index (χ1) is 9.34. The van der Waals surface area contributed by atoms with Gasteiger partial charge in [-0.05, 0) is 24.5 Å². The van der Waals surface area contributed by atoms with Crippen LogP contribution in [0.4, 0.5) is 0 Å². The zero-order chi connectivity index (χ0) is 13.8. The lowest BCUT2D eigenvalue weighted by atomic mass is 10.1. The van der Waals surface area contributed by atoms with Crippen LogP contribution >= 0.6 is 15.9 Å². The maximum Gasteiger partial charge on any atom is 0.0247 e. The van der Waals surface area contributed by atoms with Crippen LogP contribution in [0.5, 0.6) is 0 Å². The van der Waals surface area contributed by atoms with E-state index in [2.05, 4.69) is 59.3 Å². The largest absolute Gasteiger partial charge is 0.0839 e. The molecule has 0 bridgehead atoms. The maximum absolute atomic E-state index is 3.57. The van der Waals surface area contributed by atoms with E-state index in [1.165, 1.54) is 67.8 Å². The minimum absolute atomic E-state index is 1.18. The standard InChI is InChI=1S/C18H27Br/c1-2-3-4-5-6-7-8-9-10-11-14-17-15-12-13-16-18(17)19/h11-16H,2-10H2,1H3/b14-11+. The second-order valence-electron chi connectivity index (χ2n) is 5.19. The fourth-order valence-electron chi connectivity index (χ4n) is 2.22. The SMILES string of the molecule is CCCCCCCCCC/C=C/c1ccccc1Br. The van der Waals surface area contributed by atoms with Crippen LogP contribution in [0.2, 0.25) is 0 Å². The fourth-order valence-corrected chi connectivity index (χ4v) is 2.63. The summed E-state index contributed by atoms with van der Waals surface area (Å²) in [6, 6.07) is 8.38. The molecular formula is C18H27Br. The Labute approximate surface area is 127 Å². The van der Waals surface area contributed by atoms with Gasteiger partial charge in [-0.3, -0.25) is 0 Å². The van der Waals surface area contributed by atoms with Gasteiger partial charge in [0.05, 0.1) is 0 Å². The Kier molecular flexibility index (Phi) is 9.79. The van der Waals surface area contributed by atoms with Gasteiger partial charge >= 0.3 is 0 Å². The molecule has 0 heterocycles. The molecule has 0 radical (unpaired) electrons. The number of allylic oxidation sites excluding steroid dienone is 1. The summed E-state index contributed by atoms with van der Waals surface area (Å²) in [5, 5.41) is 0. The molecule has 0 saturated carbocycles. The van der Waals surface area contributed by atoms with E-state index >= 15 is 0 Å². The second-order valence-corrected chi connectivity index (χ2v) is 6.04. The van der Waals surface area contributed by atoms with Gasteiger partial charge in [0.15, 0.2) is 0 Å². The topological polar surface area (TPSA) is 0 Å². The lowest BCUT2D eigenvalue weighted by Gasteiger charge is -2.00. The molecule has 0 fully saturated rings. The second kappa shape index (κ2) is 11.3. The summed E-state index contributed by atoms with van der Waals surface area (Å²) >= 11 is 3.57. The highest BCUT2D eigenvalue weighted by Crippen LogP contribution is 2.18. The van der Waals surface area contributed by atoms with E-state index in [0.717, 1.165) is 0 Å². The van der Waals surface area contributed by atoms with Crippen molar-refractivity contribution in [2.45, 2.75) is 64.7 Å². The Morgan fingerprint density at radius 3 is 2.21 bits per heavy atom. The van der Waals surface area contributed by atoms with Crippen molar-refractivity contribution in [2.24, 2.45) is 0 Å². The number of hydrogen-bond acceptors (Lipinski definition) is 0. The normalized spacial score (nSPS) is 11.3. The van der Waals surface area contributed by atoms with E-state index in [9.17, 15) is 0 Å². The maximum atomic E-state index is 3.57. The summed E-state index contributed by atoms with van der Waals surface area (Å²) in [7, 11) is 0. The molecule has 0 unspecified atom stereocenters. The van der Waals surface area contributed by atoms with Gasteiger partial charge < -0.3 is 0 Å². The number of rotatable bonds is 10. The fraction of sp³-hybridized carbons (Fsp3) is 0.556. The average molecular weight is 323 g/mol. The van der Waals surface area contributed by atoms with E-state index < -0.39 is 0 Å². The van der Waals surface area contributed by atoms with Gasteiger partial charge in [-0.1, -0.05) is 98.2 Å². The van der Waals surface area contributed by atoms with Crippen LogP contribution in [-0.4, -0.2) is 0 Å². The molecule has 0 amide bonds. The third kappa shape index (κ3) is 8.26. The van der Waals surface area contributed by atoms with Crippen LogP contribution < -0.4 is 0 Å². The molecule has 1 aromatic carbocycles. The number of halogens is 1. The van der Waals surface area contributed by atoms with Crippen molar-refractivity contribution in [2.75, 3.05) is 0 Å². The summed E-state index contributed by atoms with van der Waals surface area (Å²) < 4.78 is 1.18. The van der Waals surface area contributed by atoms with Crippen LogP contribution in [0, 0.1) is 0 Å². The highest BCUT2D eigenvalue weighted by Gasteiger charge is 1.93. The van der Waals surface area contributed by atoms with E-state index in [4.69, 9.17) is 0 Å². The zero-order valence-corrected chi connectivity index (χ0v) is 13.8. The summed E-state index contributed by atoms with van der Waals surface area (Å²) in [6.45, 7) is 2.28. The Morgan fingerprint density at radius 1 is 0.895 bits per heavy atom. The molecule has 106 valence electrons. The molecule has 0 aliphatic heterocycles. The van der Waals surface area contributed by atoms with Gasteiger partial charge in [-0.2, -0.15) is 0 Å². The zero-order valence-electron chi connectivity index (χ0n) is 12.2. The van der Waals surface area contributed by atoms with Crippen molar-refractivity contribution in [3.8, 4) is 0 Å². The minimum atomic E-state index is 1.18. The molecule has 19 heavy (non-hydrogen) atoms. The number of benzene rings is 1. The van der Waals surface area contributed by atoms with E-state index in [0.29, 0.717) is 0 Å². The Morgan fingerprint density at radius 2 is 1.53 bits per heavy atom. The molecule has 1 rings (SSSR count). The van der Waals surface area contributed by atoms with Gasteiger partial charge in [0.1, 0.15) is 0 Å². The van der Waals surface area contributed by atoms with Crippen molar-refractivity contribution in [1.29, 1.82) is 0 Å². The molecule has 0 atom stereocenters. The van der Waals surface area contributed by atoms with Gasteiger partial charge in [-0.15, -0.1) is 0 Å². The van der Waals surface area contributed by atoms with Crippen LogP contribution in [0.25, 0.3) is 6.08 Å². The third-order valence-corrected chi connectivity index (χ3v) is 4.15. The first-order valence-electron chi connectivity index (χ1n) is 7.75. The monoisotopic (exact) mass is 322 g/mol. The van der Waals surface area contributed by atoms with Crippen LogP contribution in [0.1, 0.15) is 70.3 Å². The Hall–Kier alpha value is -0.560. The van der Waals surface area contributed by atoms with E-state index in [1.807, 2.05) is 0 Å². The molecule has 0 spiro atoms. The number of unbranched alkanes of at least 4 members (excludes halogenated alkanes) is 8. The highest BCUT2D eigenvalue weighted by molar-refractivity contribution is 9.10. The van der Waals surface area contributed by atoms with Crippen molar-refractivity contribution < 1.29 is 0 Å². The Bertz CT molecular complexity index is 354. The highest BCUT2D eigenvalue weighted by atomic mass is 79.9. The molecule has 0 aromatic heterocycles. The molecular weight excluding hydrogens is 296 g/mol. The van der Waals surface area contributed by atoms with Crippen molar-refractivity contribution in [3.63, 3.8) is 0 Å².